The normalized spacial score (nSPS) is 12.4. The standard InChI is InChI=1S/C22H32O4S/c1-16(2)20-15-18(14-19-11-12-21(23)26-22(19)20)10-8-6-5-7-9-13-27(24,25)17(3)4/h11-12,14-17H,5-10,13H2,1-4H3. The summed E-state index contributed by atoms with van der Waals surface area (Å²) in [6.07, 6.45) is 5.95. The average Bonchev–Trinajstić information content (AvgIpc) is 2.60. The summed E-state index contributed by atoms with van der Waals surface area (Å²) in [4.78, 5) is 11.5. The second-order valence-electron chi connectivity index (χ2n) is 7.95. The SMILES string of the molecule is CC(C)c1cc(CCCCCCCS(=O)(=O)C(C)C)cc2ccc(=O)oc12. The summed E-state index contributed by atoms with van der Waals surface area (Å²) in [5, 5.41) is 0.708. The van der Waals surface area contributed by atoms with Gasteiger partial charge in [-0.15, -0.1) is 0 Å². The van der Waals surface area contributed by atoms with Crippen LogP contribution in [0.3, 0.4) is 0 Å². The molecule has 0 aliphatic carbocycles. The largest absolute Gasteiger partial charge is 0.422 e. The van der Waals surface area contributed by atoms with Crippen molar-refractivity contribution < 1.29 is 12.8 Å². The van der Waals surface area contributed by atoms with E-state index in [1.54, 1.807) is 13.8 Å². The second kappa shape index (κ2) is 9.54. The van der Waals surface area contributed by atoms with Crippen LogP contribution in [0.25, 0.3) is 11.0 Å². The van der Waals surface area contributed by atoms with E-state index in [0.717, 1.165) is 49.5 Å². The third kappa shape index (κ3) is 6.20. The van der Waals surface area contributed by atoms with Gasteiger partial charge in [0.15, 0.2) is 9.84 Å². The molecule has 0 aliphatic rings. The first-order valence-electron chi connectivity index (χ1n) is 9.99. The van der Waals surface area contributed by atoms with Crippen molar-refractivity contribution in [2.75, 3.05) is 5.75 Å². The molecule has 5 heteroatoms. The van der Waals surface area contributed by atoms with Crippen molar-refractivity contribution in [1.82, 2.24) is 0 Å². The smallest absolute Gasteiger partial charge is 0.336 e. The highest BCUT2D eigenvalue weighted by atomic mass is 32.2. The van der Waals surface area contributed by atoms with Crippen LogP contribution in [0.15, 0.2) is 33.5 Å². The van der Waals surface area contributed by atoms with Crippen molar-refractivity contribution in [3.05, 3.63) is 45.8 Å². The van der Waals surface area contributed by atoms with Crippen LogP contribution in [0, 0.1) is 0 Å². The minimum absolute atomic E-state index is 0.273. The van der Waals surface area contributed by atoms with Gasteiger partial charge >= 0.3 is 5.63 Å². The molecule has 0 unspecified atom stereocenters. The van der Waals surface area contributed by atoms with Gasteiger partial charge in [0.05, 0.1) is 11.0 Å². The molecule has 0 radical (unpaired) electrons. The summed E-state index contributed by atoms with van der Waals surface area (Å²) < 4.78 is 29.0. The number of fused-ring (bicyclic) bond motifs is 1. The Balaban J connectivity index is 1.87. The molecule has 1 aromatic carbocycles. The quantitative estimate of drug-likeness (QED) is 0.410. The van der Waals surface area contributed by atoms with Crippen LogP contribution in [0.5, 0.6) is 0 Å². The van der Waals surface area contributed by atoms with Crippen molar-refractivity contribution in [1.29, 1.82) is 0 Å². The third-order valence-electron chi connectivity index (χ3n) is 5.04. The molecule has 27 heavy (non-hydrogen) atoms. The van der Waals surface area contributed by atoms with Crippen LogP contribution < -0.4 is 5.63 Å². The van der Waals surface area contributed by atoms with Gasteiger partial charge in [0.25, 0.3) is 0 Å². The molecule has 2 rings (SSSR count). The molecule has 0 spiro atoms. The Morgan fingerprint density at radius 1 is 0.926 bits per heavy atom. The molecule has 1 aromatic heterocycles. The highest BCUT2D eigenvalue weighted by Gasteiger charge is 2.15. The maximum absolute atomic E-state index is 11.8. The lowest BCUT2D eigenvalue weighted by Gasteiger charge is -2.12. The predicted molar refractivity (Wildman–Crippen MR) is 112 cm³/mol. The Labute approximate surface area is 162 Å². The van der Waals surface area contributed by atoms with Gasteiger partial charge < -0.3 is 4.42 Å². The fourth-order valence-electron chi connectivity index (χ4n) is 3.24. The van der Waals surface area contributed by atoms with Gasteiger partial charge in [0.2, 0.25) is 0 Å². The molecule has 0 aliphatic heterocycles. The zero-order chi connectivity index (χ0) is 20.0. The number of benzene rings is 1. The molecule has 0 N–H and O–H groups in total. The number of rotatable bonds is 10. The van der Waals surface area contributed by atoms with E-state index in [1.807, 2.05) is 6.07 Å². The molecule has 0 fully saturated rings. The number of aryl methyl sites for hydroxylation is 1. The van der Waals surface area contributed by atoms with Gasteiger partial charge in [0.1, 0.15) is 5.58 Å². The zero-order valence-electron chi connectivity index (χ0n) is 17.0. The van der Waals surface area contributed by atoms with E-state index < -0.39 is 9.84 Å². The molecule has 0 bridgehead atoms. The fraction of sp³-hybridized carbons (Fsp3) is 0.591. The minimum atomic E-state index is -2.90. The van der Waals surface area contributed by atoms with E-state index in [0.29, 0.717) is 17.3 Å². The molecule has 4 nitrogen and oxygen atoms in total. The summed E-state index contributed by atoms with van der Waals surface area (Å²) in [6.45, 7) is 7.71. The molecule has 0 amide bonds. The Morgan fingerprint density at radius 3 is 2.26 bits per heavy atom. The van der Waals surface area contributed by atoms with Crippen LogP contribution >= 0.6 is 0 Å². The van der Waals surface area contributed by atoms with Gasteiger partial charge in [-0.3, -0.25) is 0 Å². The van der Waals surface area contributed by atoms with Crippen molar-refractivity contribution in [3.63, 3.8) is 0 Å². The van der Waals surface area contributed by atoms with Crippen molar-refractivity contribution >= 4 is 20.8 Å². The van der Waals surface area contributed by atoms with Crippen LogP contribution in [-0.4, -0.2) is 19.4 Å². The lowest BCUT2D eigenvalue weighted by molar-refractivity contribution is 0.554. The van der Waals surface area contributed by atoms with Crippen LogP contribution in [-0.2, 0) is 16.3 Å². The summed E-state index contributed by atoms with van der Waals surface area (Å²) in [5.74, 6) is 0.596. The maximum atomic E-state index is 11.8. The Bertz CT molecular complexity index is 908. The first kappa shape index (κ1) is 21.7. The molecule has 0 saturated heterocycles. The molecule has 1 heterocycles. The molecular formula is C22H32O4S. The molecule has 150 valence electrons. The van der Waals surface area contributed by atoms with Crippen molar-refractivity contribution in [3.8, 4) is 0 Å². The third-order valence-corrected chi connectivity index (χ3v) is 7.34. The first-order valence-corrected chi connectivity index (χ1v) is 11.7. The number of sulfone groups is 1. The van der Waals surface area contributed by atoms with Crippen LogP contribution in [0.4, 0.5) is 0 Å². The van der Waals surface area contributed by atoms with Gasteiger partial charge in [-0.25, -0.2) is 13.2 Å². The zero-order valence-corrected chi connectivity index (χ0v) is 17.8. The number of hydrogen-bond acceptors (Lipinski definition) is 4. The maximum Gasteiger partial charge on any atom is 0.336 e. The van der Waals surface area contributed by atoms with E-state index >= 15 is 0 Å². The molecular weight excluding hydrogens is 360 g/mol. The minimum Gasteiger partial charge on any atom is -0.422 e. The molecule has 0 saturated carbocycles. The Hall–Kier alpha value is -1.62. The number of unbranched alkanes of at least 4 members (excludes halogenated alkanes) is 4. The van der Waals surface area contributed by atoms with Gasteiger partial charge in [-0.2, -0.15) is 0 Å². The monoisotopic (exact) mass is 392 g/mol. The summed E-state index contributed by atoms with van der Waals surface area (Å²) in [6, 6.07) is 7.58. The van der Waals surface area contributed by atoms with Crippen molar-refractivity contribution in [2.45, 2.75) is 77.4 Å². The highest BCUT2D eigenvalue weighted by molar-refractivity contribution is 7.91. The van der Waals surface area contributed by atoms with Crippen molar-refractivity contribution in [2.24, 2.45) is 0 Å². The van der Waals surface area contributed by atoms with Crippen LogP contribution in [0.1, 0.15) is 76.8 Å². The first-order chi connectivity index (χ1) is 12.7. The van der Waals surface area contributed by atoms with Gasteiger partial charge in [0, 0.05) is 11.5 Å². The molecule has 0 atom stereocenters. The van der Waals surface area contributed by atoms with E-state index in [-0.39, 0.29) is 10.9 Å². The Kier molecular flexibility index (Phi) is 7.66. The van der Waals surface area contributed by atoms with Crippen LogP contribution in [0.2, 0.25) is 0 Å². The summed E-state index contributed by atoms with van der Waals surface area (Å²) in [7, 11) is -2.90. The summed E-state index contributed by atoms with van der Waals surface area (Å²) in [5.41, 5.74) is 2.74. The summed E-state index contributed by atoms with van der Waals surface area (Å²) >= 11 is 0. The van der Waals surface area contributed by atoms with Gasteiger partial charge in [-0.05, 0) is 62.3 Å². The Morgan fingerprint density at radius 2 is 1.59 bits per heavy atom. The topological polar surface area (TPSA) is 64.3 Å². The van der Waals surface area contributed by atoms with E-state index in [4.69, 9.17) is 4.42 Å². The van der Waals surface area contributed by atoms with E-state index in [9.17, 15) is 13.2 Å². The molecule has 2 aromatic rings. The highest BCUT2D eigenvalue weighted by Crippen LogP contribution is 2.27. The van der Waals surface area contributed by atoms with E-state index in [2.05, 4.69) is 26.0 Å². The second-order valence-corrected chi connectivity index (χ2v) is 10.6. The fourth-order valence-corrected chi connectivity index (χ4v) is 4.32. The predicted octanol–water partition coefficient (Wildman–Crippen LogP) is 5.23. The average molecular weight is 393 g/mol. The van der Waals surface area contributed by atoms with E-state index in [1.165, 1.54) is 11.6 Å². The lowest BCUT2D eigenvalue weighted by Crippen LogP contribution is -2.17. The number of hydrogen-bond donors (Lipinski definition) is 0. The van der Waals surface area contributed by atoms with Gasteiger partial charge in [-0.1, -0.05) is 39.2 Å². The lowest BCUT2D eigenvalue weighted by atomic mass is 9.95.